The van der Waals surface area contributed by atoms with Crippen LogP contribution in [0.25, 0.3) is 16.9 Å². The molecular formula is C26H25N3O3S. The van der Waals surface area contributed by atoms with Crippen molar-refractivity contribution in [3.63, 3.8) is 0 Å². The lowest BCUT2D eigenvalue weighted by Crippen LogP contribution is -2.30. The van der Waals surface area contributed by atoms with E-state index in [2.05, 4.69) is 11.4 Å². The Morgan fingerprint density at radius 1 is 1.06 bits per heavy atom. The van der Waals surface area contributed by atoms with Crippen molar-refractivity contribution in [2.24, 2.45) is 0 Å². The van der Waals surface area contributed by atoms with Gasteiger partial charge in [-0.2, -0.15) is 5.10 Å². The fraction of sp³-hybridized carbons (Fsp3) is 0.231. The molecule has 0 spiro atoms. The lowest BCUT2D eigenvalue weighted by atomic mass is 10.0. The van der Waals surface area contributed by atoms with Gasteiger partial charge in [-0.1, -0.05) is 24.3 Å². The number of aromatic nitrogens is 2. The summed E-state index contributed by atoms with van der Waals surface area (Å²) in [6.07, 6.45) is 3.78. The molecular weight excluding hydrogens is 434 g/mol. The minimum absolute atomic E-state index is 0.0204. The van der Waals surface area contributed by atoms with Crippen LogP contribution in [0.4, 0.5) is 0 Å². The number of carbonyl (C=O) groups is 1. The number of ether oxygens (including phenoxy) is 2. The molecule has 1 amide bonds. The van der Waals surface area contributed by atoms with E-state index in [1.165, 1.54) is 4.88 Å². The molecule has 0 unspecified atom stereocenters. The molecule has 0 radical (unpaired) electrons. The molecule has 33 heavy (non-hydrogen) atoms. The second kappa shape index (κ2) is 9.11. The van der Waals surface area contributed by atoms with Gasteiger partial charge in [0.2, 0.25) is 0 Å². The van der Waals surface area contributed by atoms with Gasteiger partial charge in [0.15, 0.2) is 0 Å². The summed E-state index contributed by atoms with van der Waals surface area (Å²) in [5, 5.41) is 6.92. The summed E-state index contributed by atoms with van der Waals surface area (Å²) >= 11 is 1.70. The van der Waals surface area contributed by atoms with E-state index in [-0.39, 0.29) is 11.9 Å². The topological polar surface area (TPSA) is 56.6 Å². The summed E-state index contributed by atoms with van der Waals surface area (Å²) < 4.78 is 12.8. The van der Waals surface area contributed by atoms with Gasteiger partial charge in [-0.3, -0.25) is 4.79 Å². The van der Waals surface area contributed by atoms with Crippen molar-refractivity contribution < 1.29 is 14.3 Å². The number of likely N-dealkylation sites (tertiary alicyclic amines) is 1. The zero-order valence-corrected chi connectivity index (χ0v) is 19.4. The summed E-state index contributed by atoms with van der Waals surface area (Å²) in [7, 11) is 3.24. The molecule has 6 nitrogen and oxygen atoms in total. The molecule has 1 saturated heterocycles. The van der Waals surface area contributed by atoms with Crippen molar-refractivity contribution in [2.45, 2.75) is 18.9 Å². The molecule has 1 aliphatic heterocycles. The molecule has 168 valence electrons. The average molecular weight is 460 g/mol. The quantitative estimate of drug-likeness (QED) is 0.377. The second-order valence-electron chi connectivity index (χ2n) is 7.91. The Labute approximate surface area is 197 Å². The third-order valence-electron chi connectivity index (χ3n) is 6.01. The van der Waals surface area contributed by atoms with E-state index in [1.54, 1.807) is 30.2 Å². The normalized spacial score (nSPS) is 15.6. The van der Waals surface area contributed by atoms with Gasteiger partial charge >= 0.3 is 0 Å². The molecule has 0 N–H and O–H groups in total. The Balaban J connectivity index is 1.64. The number of hydrogen-bond donors (Lipinski definition) is 0. The van der Waals surface area contributed by atoms with Gasteiger partial charge in [-0.05, 0) is 54.6 Å². The Morgan fingerprint density at radius 3 is 2.64 bits per heavy atom. The van der Waals surface area contributed by atoms with Crippen LogP contribution in [0.2, 0.25) is 0 Å². The summed E-state index contributed by atoms with van der Waals surface area (Å²) in [5.41, 5.74) is 2.74. The van der Waals surface area contributed by atoms with E-state index < -0.39 is 0 Å². The van der Waals surface area contributed by atoms with Crippen LogP contribution in [-0.2, 0) is 0 Å². The van der Waals surface area contributed by atoms with Crippen molar-refractivity contribution in [3.8, 4) is 28.4 Å². The lowest BCUT2D eigenvalue weighted by molar-refractivity contribution is 0.0738. The fourth-order valence-electron chi connectivity index (χ4n) is 4.38. The van der Waals surface area contributed by atoms with E-state index in [0.29, 0.717) is 22.8 Å². The minimum Gasteiger partial charge on any atom is -0.497 e. The van der Waals surface area contributed by atoms with Gasteiger partial charge < -0.3 is 14.4 Å². The molecule has 5 rings (SSSR count). The number of benzene rings is 2. The molecule has 7 heteroatoms. The van der Waals surface area contributed by atoms with Crippen molar-refractivity contribution >= 4 is 17.2 Å². The Hall–Kier alpha value is -3.58. The first kappa shape index (κ1) is 21.3. The van der Waals surface area contributed by atoms with Crippen LogP contribution in [-0.4, -0.2) is 41.4 Å². The van der Waals surface area contributed by atoms with Crippen LogP contribution >= 0.6 is 11.3 Å². The van der Waals surface area contributed by atoms with E-state index in [4.69, 9.17) is 14.6 Å². The van der Waals surface area contributed by atoms with Crippen molar-refractivity contribution in [1.29, 1.82) is 0 Å². The largest absolute Gasteiger partial charge is 0.497 e. The lowest BCUT2D eigenvalue weighted by Gasteiger charge is -2.24. The highest BCUT2D eigenvalue weighted by molar-refractivity contribution is 7.10. The van der Waals surface area contributed by atoms with Gasteiger partial charge in [0.25, 0.3) is 5.91 Å². The SMILES string of the molecule is COc1ccc(OC)c(-c2nn(-c3ccccc3)cc2C(=O)N2CCC[C@@H]2c2cccs2)c1. The van der Waals surface area contributed by atoms with Crippen LogP contribution in [0.1, 0.15) is 34.1 Å². The maximum atomic E-state index is 14.0. The molecule has 4 aromatic rings. The highest BCUT2D eigenvalue weighted by Gasteiger charge is 2.34. The number of carbonyl (C=O) groups excluding carboxylic acids is 1. The second-order valence-corrected chi connectivity index (χ2v) is 8.89. The molecule has 2 aromatic heterocycles. The van der Waals surface area contributed by atoms with Gasteiger partial charge in [-0.15, -0.1) is 11.3 Å². The average Bonchev–Trinajstić information content (AvgIpc) is 3.64. The van der Waals surface area contributed by atoms with Gasteiger partial charge in [0, 0.05) is 23.2 Å². The summed E-state index contributed by atoms with van der Waals surface area (Å²) in [6.45, 7) is 0.729. The number of thiophene rings is 1. The zero-order valence-electron chi connectivity index (χ0n) is 18.6. The van der Waals surface area contributed by atoms with Crippen molar-refractivity contribution in [3.05, 3.63) is 82.7 Å². The molecule has 0 aliphatic carbocycles. The number of para-hydroxylation sites is 1. The first-order chi connectivity index (χ1) is 16.2. The van der Waals surface area contributed by atoms with Crippen LogP contribution < -0.4 is 9.47 Å². The first-order valence-electron chi connectivity index (χ1n) is 10.9. The van der Waals surface area contributed by atoms with Crippen LogP contribution in [0.5, 0.6) is 11.5 Å². The van der Waals surface area contributed by atoms with Crippen LogP contribution in [0, 0.1) is 0 Å². The first-order valence-corrected chi connectivity index (χ1v) is 11.8. The molecule has 0 saturated carbocycles. The minimum atomic E-state index is -0.0204. The number of rotatable bonds is 6. The molecule has 3 heterocycles. The van der Waals surface area contributed by atoms with Crippen molar-refractivity contribution in [1.82, 2.24) is 14.7 Å². The maximum Gasteiger partial charge on any atom is 0.258 e. The Kier molecular flexibility index (Phi) is 5.88. The Morgan fingerprint density at radius 2 is 1.91 bits per heavy atom. The summed E-state index contributed by atoms with van der Waals surface area (Å²) in [5.74, 6) is 1.29. The standard InChI is InChI=1S/C26H25N3O3S/c1-31-19-12-13-23(32-2)20(16-19)25-21(17-29(27-25)18-8-4-3-5-9-18)26(30)28-14-6-10-22(28)24-11-7-15-33-24/h3-5,7-9,11-13,15-17,22H,6,10,14H2,1-2H3/t22-/m1/s1. The number of amides is 1. The number of nitrogens with zero attached hydrogens (tertiary/aromatic N) is 3. The third kappa shape index (κ3) is 4.00. The molecule has 1 fully saturated rings. The molecule has 2 aromatic carbocycles. The van der Waals surface area contributed by atoms with E-state index >= 15 is 0 Å². The maximum absolute atomic E-state index is 14.0. The number of hydrogen-bond acceptors (Lipinski definition) is 5. The summed E-state index contributed by atoms with van der Waals surface area (Å²) in [6, 6.07) is 19.6. The molecule has 1 atom stereocenters. The molecule has 1 aliphatic rings. The smallest absolute Gasteiger partial charge is 0.258 e. The summed E-state index contributed by atoms with van der Waals surface area (Å²) in [4.78, 5) is 17.2. The van der Waals surface area contributed by atoms with E-state index in [0.717, 1.165) is 30.6 Å². The predicted molar refractivity (Wildman–Crippen MR) is 129 cm³/mol. The zero-order chi connectivity index (χ0) is 22.8. The molecule has 0 bridgehead atoms. The third-order valence-corrected chi connectivity index (χ3v) is 6.99. The van der Waals surface area contributed by atoms with Crippen LogP contribution in [0.3, 0.4) is 0 Å². The van der Waals surface area contributed by atoms with E-state index in [9.17, 15) is 4.79 Å². The van der Waals surface area contributed by atoms with Crippen molar-refractivity contribution in [2.75, 3.05) is 20.8 Å². The fourth-order valence-corrected chi connectivity index (χ4v) is 5.26. The highest BCUT2D eigenvalue weighted by Crippen LogP contribution is 2.39. The predicted octanol–water partition coefficient (Wildman–Crippen LogP) is 5.60. The monoisotopic (exact) mass is 459 g/mol. The van der Waals surface area contributed by atoms with Gasteiger partial charge in [0.05, 0.1) is 31.5 Å². The number of methoxy groups -OCH3 is 2. The Bertz CT molecular complexity index is 1250. The van der Waals surface area contributed by atoms with Gasteiger partial charge in [-0.25, -0.2) is 4.68 Å². The van der Waals surface area contributed by atoms with Gasteiger partial charge in [0.1, 0.15) is 17.2 Å². The van der Waals surface area contributed by atoms with E-state index in [1.807, 2.05) is 65.7 Å². The highest BCUT2D eigenvalue weighted by atomic mass is 32.1. The van der Waals surface area contributed by atoms with Crippen LogP contribution in [0.15, 0.2) is 72.2 Å².